The highest BCUT2D eigenvalue weighted by molar-refractivity contribution is 5.74. The van der Waals surface area contributed by atoms with Crippen LogP contribution < -0.4 is 0 Å². The van der Waals surface area contributed by atoms with E-state index in [4.69, 9.17) is 5.11 Å². The number of aliphatic carboxylic acids is 1. The van der Waals surface area contributed by atoms with E-state index in [1.54, 1.807) is 0 Å². The molecule has 0 unspecified atom stereocenters. The van der Waals surface area contributed by atoms with Crippen molar-refractivity contribution in [1.29, 1.82) is 0 Å². The Kier molecular flexibility index (Phi) is 2.49. The smallest absolute Gasteiger partial charge is 0.435 e. The van der Waals surface area contributed by atoms with Gasteiger partial charge in [0, 0.05) is 18.0 Å². The molecule has 0 aliphatic rings. The van der Waals surface area contributed by atoms with E-state index in [2.05, 4.69) is 10.1 Å². The Labute approximate surface area is 92.5 Å². The van der Waals surface area contributed by atoms with Crippen molar-refractivity contribution in [3.63, 3.8) is 0 Å². The quantitative estimate of drug-likeness (QED) is 0.867. The lowest BCUT2D eigenvalue weighted by Crippen LogP contribution is -2.11. The zero-order chi connectivity index (χ0) is 12.6. The van der Waals surface area contributed by atoms with Crippen LogP contribution in [0.4, 0.5) is 13.2 Å². The molecule has 17 heavy (non-hydrogen) atoms. The number of alkyl halides is 3. The Morgan fingerprint density at radius 3 is 2.76 bits per heavy atom. The second-order valence-corrected chi connectivity index (χ2v) is 3.28. The minimum atomic E-state index is -4.70. The maximum absolute atomic E-state index is 12.6. The standard InChI is InChI=1S/C9H6F3N3O2/c10-9(11,12)7-5(4-6(16)17)8-13-2-1-3-15(8)14-7/h1-3H,4H2,(H,16,17). The number of aromatic nitrogens is 3. The maximum atomic E-state index is 12.6. The third-order valence-electron chi connectivity index (χ3n) is 2.09. The predicted octanol–water partition coefficient (Wildman–Crippen LogP) is 1.38. The van der Waals surface area contributed by atoms with Crippen LogP contribution >= 0.6 is 0 Å². The van der Waals surface area contributed by atoms with E-state index >= 15 is 0 Å². The first-order chi connectivity index (χ1) is 7.89. The molecule has 1 N–H and O–H groups in total. The van der Waals surface area contributed by atoms with E-state index in [1.165, 1.54) is 18.5 Å². The van der Waals surface area contributed by atoms with Crippen LogP contribution in [0.2, 0.25) is 0 Å². The van der Waals surface area contributed by atoms with Crippen molar-refractivity contribution in [1.82, 2.24) is 14.6 Å². The van der Waals surface area contributed by atoms with Gasteiger partial charge in [0.05, 0.1) is 6.42 Å². The highest BCUT2D eigenvalue weighted by atomic mass is 19.4. The summed E-state index contributed by atoms with van der Waals surface area (Å²) in [4.78, 5) is 14.3. The third-order valence-corrected chi connectivity index (χ3v) is 2.09. The molecular formula is C9H6F3N3O2. The van der Waals surface area contributed by atoms with E-state index in [9.17, 15) is 18.0 Å². The summed E-state index contributed by atoms with van der Waals surface area (Å²) >= 11 is 0. The van der Waals surface area contributed by atoms with Gasteiger partial charge in [-0.2, -0.15) is 18.3 Å². The van der Waals surface area contributed by atoms with E-state index in [0.717, 1.165) is 4.52 Å². The lowest BCUT2D eigenvalue weighted by Gasteiger charge is -2.03. The van der Waals surface area contributed by atoms with Crippen molar-refractivity contribution in [3.05, 3.63) is 29.7 Å². The van der Waals surface area contributed by atoms with Crippen LogP contribution in [0.15, 0.2) is 18.5 Å². The molecular weight excluding hydrogens is 239 g/mol. The van der Waals surface area contributed by atoms with Gasteiger partial charge in [-0.05, 0) is 6.07 Å². The lowest BCUT2D eigenvalue weighted by atomic mass is 10.1. The number of rotatable bonds is 2. The average molecular weight is 245 g/mol. The van der Waals surface area contributed by atoms with Crippen LogP contribution in [0.25, 0.3) is 5.65 Å². The van der Waals surface area contributed by atoms with Gasteiger partial charge in [-0.25, -0.2) is 9.50 Å². The van der Waals surface area contributed by atoms with Crippen LogP contribution in [-0.2, 0) is 17.4 Å². The van der Waals surface area contributed by atoms with Crippen LogP contribution in [0.3, 0.4) is 0 Å². The van der Waals surface area contributed by atoms with E-state index in [0.29, 0.717) is 0 Å². The van der Waals surface area contributed by atoms with Gasteiger partial charge in [-0.3, -0.25) is 4.79 Å². The summed E-state index contributed by atoms with van der Waals surface area (Å²) in [6.07, 6.45) is -2.90. The van der Waals surface area contributed by atoms with Gasteiger partial charge in [-0.15, -0.1) is 0 Å². The molecule has 2 aromatic rings. The summed E-state index contributed by atoms with van der Waals surface area (Å²) in [7, 11) is 0. The molecule has 0 amide bonds. The molecule has 0 atom stereocenters. The Balaban J connectivity index is 2.69. The van der Waals surface area contributed by atoms with Crippen LogP contribution in [0.5, 0.6) is 0 Å². The summed E-state index contributed by atoms with van der Waals surface area (Å²) in [6.45, 7) is 0. The first-order valence-electron chi connectivity index (χ1n) is 4.51. The summed E-state index contributed by atoms with van der Waals surface area (Å²) in [5.74, 6) is -1.36. The minimum Gasteiger partial charge on any atom is -0.481 e. The molecule has 0 bridgehead atoms. The average Bonchev–Trinajstić information content (AvgIpc) is 2.56. The van der Waals surface area contributed by atoms with Crippen LogP contribution in [-0.4, -0.2) is 25.7 Å². The topological polar surface area (TPSA) is 67.5 Å². The monoisotopic (exact) mass is 245 g/mol. The number of carboxylic acids is 1. The molecule has 0 fully saturated rings. The molecule has 0 aliphatic carbocycles. The van der Waals surface area contributed by atoms with Crippen molar-refractivity contribution in [2.45, 2.75) is 12.6 Å². The molecule has 5 nitrogen and oxygen atoms in total. The van der Waals surface area contributed by atoms with Crippen LogP contribution in [0.1, 0.15) is 11.3 Å². The molecule has 0 aliphatic heterocycles. The fourth-order valence-corrected chi connectivity index (χ4v) is 1.48. The molecule has 90 valence electrons. The van der Waals surface area contributed by atoms with Gasteiger partial charge in [0.15, 0.2) is 11.3 Å². The van der Waals surface area contributed by atoms with Crippen molar-refractivity contribution in [2.75, 3.05) is 0 Å². The Hall–Kier alpha value is -2.12. The second-order valence-electron chi connectivity index (χ2n) is 3.28. The van der Waals surface area contributed by atoms with Crippen LogP contribution in [0, 0.1) is 0 Å². The first kappa shape index (κ1) is 11.4. The molecule has 2 rings (SSSR count). The summed E-state index contributed by atoms with van der Waals surface area (Å²) in [6, 6.07) is 1.41. The predicted molar refractivity (Wildman–Crippen MR) is 49.3 cm³/mol. The van der Waals surface area contributed by atoms with Gasteiger partial charge in [0.25, 0.3) is 0 Å². The molecule has 2 heterocycles. The highest BCUT2D eigenvalue weighted by Gasteiger charge is 2.38. The number of hydrogen-bond acceptors (Lipinski definition) is 3. The van der Waals surface area contributed by atoms with Crippen molar-refractivity contribution >= 4 is 11.6 Å². The highest BCUT2D eigenvalue weighted by Crippen LogP contribution is 2.32. The number of carboxylic acid groups (broad SMARTS) is 1. The van der Waals surface area contributed by atoms with E-state index < -0.39 is 29.8 Å². The molecule has 0 saturated heterocycles. The first-order valence-corrected chi connectivity index (χ1v) is 4.51. The van der Waals surface area contributed by atoms with Gasteiger partial charge < -0.3 is 5.11 Å². The van der Waals surface area contributed by atoms with Gasteiger partial charge >= 0.3 is 12.1 Å². The number of fused-ring (bicyclic) bond motifs is 1. The van der Waals surface area contributed by atoms with Gasteiger partial charge in [-0.1, -0.05) is 0 Å². The van der Waals surface area contributed by atoms with Crippen molar-refractivity contribution in [3.8, 4) is 0 Å². The lowest BCUT2D eigenvalue weighted by molar-refractivity contribution is -0.142. The number of halogens is 3. The van der Waals surface area contributed by atoms with Crippen molar-refractivity contribution in [2.24, 2.45) is 0 Å². The van der Waals surface area contributed by atoms with E-state index in [-0.39, 0.29) is 5.65 Å². The maximum Gasteiger partial charge on any atom is 0.435 e. The SMILES string of the molecule is O=C(O)Cc1c(C(F)(F)F)nn2cccnc12. The number of hydrogen-bond donors (Lipinski definition) is 1. The Bertz CT molecular complexity index is 576. The summed E-state index contributed by atoms with van der Waals surface area (Å²) in [5.41, 5.74) is -1.73. The second kappa shape index (κ2) is 3.72. The number of nitrogens with zero attached hydrogens (tertiary/aromatic N) is 3. The van der Waals surface area contributed by atoms with Gasteiger partial charge in [0.2, 0.25) is 0 Å². The minimum absolute atomic E-state index is 0.0952. The Morgan fingerprint density at radius 2 is 2.18 bits per heavy atom. The molecule has 0 saturated carbocycles. The zero-order valence-corrected chi connectivity index (χ0v) is 8.27. The molecule has 0 spiro atoms. The summed E-state index contributed by atoms with van der Waals surface area (Å²) < 4.78 is 38.8. The Morgan fingerprint density at radius 1 is 1.47 bits per heavy atom. The van der Waals surface area contributed by atoms with Gasteiger partial charge in [0.1, 0.15) is 0 Å². The zero-order valence-electron chi connectivity index (χ0n) is 8.27. The van der Waals surface area contributed by atoms with E-state index in [1.807, 2.05) is 0 Å². The summed E-state index contributed by atoms with van der Waals surface area (Å²) in [5, 5.41) is 11.9. The molecule has 2 aromatic heterocycles. The van der Waals surface area contributed by atoms with Crippen molar-refractivity contribution < 1.29 is 23.1 Å². The fourth-order valence-electron chi connectivity index (χ4n) is 1.48. The third kappa shape index (κ3) is 2.05. The largest absolute Gasteiger partial charge is 0.481 e. The normalized spacial score (nSPS) is 11.9. The fraction of sp³-hybridized carbons (Fsp3) is 0.222. The molecule has 8 heteroatoms. The molecule has 0 radical (unpaired) electrons. The number of carbonyl (C=O) groups is 1. The molecule has 0 aromatic carbocycles.